The summed E-state index contributed by atoms with van der Waals surface area (Å²) in [5.41, 5.74) is 0. The maximum Gasteiger partial charge on any atom is 0.281 e. The van der Waals surface area contributed by atoms with E-state index >= 15 is 0 Å². The number of piperidine rings is 2. The number of nitrogens with one attached hydrogen (secondary N) is 2. The number of carbonyl (C=O) groups is 1. The molecule has 4 aliphatic heterocycles. The lowest BCUT2D eigenvalue weighted by Gasteiger charge is -2.40. The number of quaternary nitrogens is 1. The molecule has 166 valence electrons. The minimum absolute atomic E-state index is 0.0797. The summed E-state index contributed by atoms with van der Waals surface area (Å²) in [6.07, 6.45) is 4.90. The molecule has 0 aromatic heterocycles. The van der Waals surface area contributed by atoms with Crippen molar-refractivity contribution in [3.63, 3.8) is 0 Å². The first-order valence-corrected chi connectivity index (χ1v) is 12.5. The first-order valence-electron chi connectivity index (χ1n) is 11.1. The average Bonchev–Trinajstić information content (AvgIpc) is 3.41. The SMILES string of the molecule is O=C(NCC[NH+]1CCCC1)C1CCN(S(=O)(=O)N2CCC3(CC2)OCCO3)CC1. The van der Waals surface area contributed by atoms with E-state index in [4.69, 9.17) is 9.47 Å². The van der Waals surface area contributed by atoms with E-state index in [0.717, 1.165) is 6.54 Å². The Morgan fingerprint density at radius 2 is 1.59 bits per heavy atom. The van der Waals surface area contributed by atoms with Crippen molar-refractivity contribution in [2.75, 3.05) is 65.6 Å². The summed E-state index contributed by atoms with van der Waals surface area (Å²) in [5, 5.41) is 3.06. The molecule has 4 aliphatic rings. The van der Waals surface area contributed by atoms with E-state index in [1.54, 1.807) is 13.5 Å². The number of hydrogen-bond acceptors (Lipinski definition) is 5. The molecule has 9 nitrogen and oxygen atoms in total. The molecule has 29 heavy (non-hydrogen) atoms. The van der Waals surface area contributed by atoms with Crippen molar-refractivity contribution >= 4 is 16.1 Å². The van der Waals surface area contributed by atoms with Gasteiger partial charge in [0.05, 0.1) is 39.4 Å². The molecule has 1 spiro atoms. The second-order valence-electron chi connectivity index (χ2n) is 8.69. The number of likely N-dealkylation sites (tertiary alicyclic amines) is 1. The van der Waals surface area contributed by atoms with Crippen LogP contribution in [0.5, 0.6) is 0 Å². The number of nitrogens with zero attached hydrogens (tertiary/aromatic N) is 2. The van der Waals surface area contributed by atoms with Crippen LogP contribution < -0.4 is 10.2 Å². The third kappa shape index (κ3) is 4.94. The van der Waals surface area contributed by atoms with Gasteiger partial charge < -0.3 is 19.7 Å². The Balaban J connectivity index is 1.20. The average molecular weight is 432 g/mol. The quantitative estimate of drug-likeness (QED) is 0.538. The standard InChI is InChI=1S/C19H34N4O5S/c24-18(20-7-14-21-8-1-2-9-21)17-3-10-22(11-4-17)29(25,26)23-12-5-19(6-13-23)27-15-16-28-19/h17H,1-16H2,(H,20,24)/p+1. The highest BCUT2D eigenvalue weighted by molar-refractivity contribution is 7.86. The molecule has 0 unspecified atom stereocenters. The fraction of sp³-hybridized carbons (Fsp3) is 0.947. The van der Waals surface area contributed by atoms with Crippen LogP contribution in [0.1, 0.15) is 38.5 Å². The number of ether oxygens (including phenoxy) is 2. The second-order valence-corrected chi connectivity index (χ2v) is 10.6. The second kappa shape index (κ2) is 9.15. The van der Waals surface area contributed by atoms with E-state index < -0.39 is 16.0 Å². The van der Waals surface area contributed by atoms with Crippen LogP contribution >= 0.6 is 0 Å². The van der Waals surface area contributed by atoms with Gasteiger partial charge in [-0.25, -0.2) is 0 Å². The Labute approximate surface area is 173 Å². The molecular weight excluding hydrogens is 396 g/mol. The largest absolute Gasteiger partial charge is 0.350 e. The first-order chi connectivity index (χ1) is 14.0. The summed E-state index contributed by atoms with van der Waals surface area (Å²) < 4.78 is 40.5. The topological polar surface area (TPSA) is 92.6 Å². The molecule has 4 rings (SSSR count). The smallest absolute Gasteiger partial charge is 0.281 e. The summed E-state index contributed by atoms with van der Waals surface area (Å²) in [7, 11) is -3.49. The molecule has 0 aromatic carbocycles. The van der Waals surface area contributed by atoms with Crippen molar-refractivity contribution in [1.29, 1.82) is 0 Å². The third-order valence-electron chi connectivity index (χ3n) is 6.86. The summed E-state index contributed by atoms with van der Waals surface area (Å²) in [5.74, 6) is -0.579. The zero-order valence-electron chi connectivity index (χ0n) is 17.2. The van der Waals surface area contributed by atoms with Gasteiger partial charge in [-0.3, -0.25) is 4.79 Å². The molecule has 0 aromatic rings. The van der Waals surface area contributed by atoms with Crippen LogP contribution in [-0.2, 0) is 24.5 Å². The predicted molar refractivity (Wildman–Crippen MR) is 106 cm³/mol. The van der Waals surface area contributed by atoms with Crippen LogP contribution in [0.15, 0.2) is 0 Å². The van der Waals surface area contributed by atoms with Crippen molar-refractivity contribution in [2.45, 2.75) is 44.3 Å². The van der Waals surface area contributed by atoms with Gasteiger partial charge in [0.25, 0.3) is 10.2 Å². The number of carbonyl (C=O) groups excluding carboxylic acids is 1. The van der Waals surface area contributed by atoms with E-state index in [2.05, 4.69) is 5.32 Å². The van der Waals surface area contributed by atoms with Crippen molar-refractivity contribution in [2.24, 2.45) is 5.92 Å². The van der Waals surface area contributed by atoms with Crippen molar-refractivity contribution < 1.29 is 27.6 Å². The van der Waals surface area contributed by atoms with Gasteiger partial charge in [0.2, 0.25) is 5.91 Å². The highest BCUT2D eigenvalue weighted by Crippen LogP contribution is 2.33. The van der Waals surface area contributed by atoms with Crippen LogP contribution in [0.2, 0.25) is 0 Å². The molecular formula is C19H35N4O5S+. The van der Waals surface area contributed by atoms with E-state index in [0.29, 0.717) is 71.6 Å². The minimum Gasteiger partial charge on any atom is -0.350 e. The molecule has 10 heteroatoms. The third-order valence-corrected chi connectivity index (χ3v) is 8.90. The predicted octanol–water partition coefficient (Wildman–Crippen LogP) is -1.42. The Hall–Kier alpha value is -0.780. The van der Waals surface area contributed by atoms with Gasteiger partial charge in [0.1, 0.15) is 0 Å². The van der Waals surface area contributed by atoms with E-state index in [1.807, 2.05) is 0 Å². The zero-order valence-corrected chi connectivity index (χ0v) is 18.1. The van der Waals surface area contributed by atoms with Crippen LogP contribution in [-0.4, -0.2) is 94.3 Å². The lowest BCUT2D eigenvalue weighted by Crippen LogP contribution is -3.10. The molecule has 0 atom stereocenters. The van der Waals surface area contributed by atoms with Gasteiger partial charge in [-0.2, -0.15) is 17.0 Å². The summed E-state index contributed by atoms with van der Waals surface area (Å²) in [6, 6.07) is 0. The maximum absolute atomic E-state index is 13.0. The molecule has 4 heterocycles. The number of hydrogen-bond donors (Lipinski definition) is 2. The minimum atomic E-state index is -3.49. The van der Waals surface area contributed by atoms with E-state index in [9.17, 15) is 13.2 Å². The molecule has 0 aliphatic carbocycles. The van der Waals surface area contributed by atoms with Gasteiger partial charge in [0.15, 0.2) is 5.79 Å². The summed E-state index contributed by atoms with van der Waals surface area (Å²) in [6.45, 7) is 6.95. The molecule has 0 radical (unpaired) electrons. The molecule has 1 amide bonds. The Morgan fingerprint density at radius 1 is 1.00 bits per heavy atom. The molecule has 0 saturated carbocycles. The molecule has 4 saturated heterocycles. The van der Waals surface area contributed by atoms with Crippen LogP contribution in [0.4, 0.5) is 0 Å². The Morgan fingerprint density at radius 3 is 2.21 bits per heavy atom. The highest BCUT2D eigenvalue weighted by atomic mass is 32.2. The van der Waals surface area contributed by atoms with Crippen LogP contribution in [0, 0.1) is 5.92 Å². The van der Waals surface area contributed by atoms with E-state index in [-0.39, 0.29) is 11.8 Å². The fourth-order valence-electron chi connectivity index (χ4n) is 4.99. The first kappa shape index (κ1) is 21.5. The van der Waals surface area contributed by atoms with Crippen LogP contribution in [0.25, 0.3) is 0 Å². The monoisotopic (exact) mass is 431 g/mol. The lowest BCUT2D eigenvalue weighted by atomic mass is 9.97. The maximum atomic E-state index is 13.0. The van der Waals surface area contributed by atoms with E-state index in [1.165, 1.54) is 25.9 Å². The van der Waals surface area contributed by atoms with Crippen LogP contribution in [0.3, 0.4) is 0 Å². The Kier molecular flexibility index (Phi) is 6.77. The Bertz CT molecular complexity index is 658. The van der Waals surface area contributed by atoms with Crippen molar-refractivity contribution in [3.8, 4) is 0 Å². The van der Waals surface area contributed by atoms with Crippen molar-refractivity contribution in [1.82, 2.24) is 13.9 Å². The van der Waals surface area contributed by atoms with Gasteiger partial charge in [-0.15, -0.1) is 0 Å². The van der Waals surface area contributed by atoms with Gasteiger partial charge in [-0.05, 0) is 12.8 Å². The summed E-state index contributed by atoms with van der Waals surface area (Å²) in [4.78, 5) is 14.0. The molecule has 0 bridgehead atoms. The molecule has 2 N–H and O–H groups in total. The summed E-state index contributed by atoms with van der Waals surface area (Å²) >= 11 is 0. The van der Waals surface area contributed by atoms with Gasteiger partial charge >= 0.3 is 0 Å². The lowest BCUT2D eigenvalue weighted by molar-refractivity contribution is -0.886. The van der Waals surface area contributed by atoms with Gasteiger partial charge in [-0.1, -0.05) is 0 Å². The molecule has 4 fully saturated rings. The highest BCUT2D eigenvalue weighted by Gasteiger charge is 2.44. The fourth-order valence-corrected chi connectivity index (χ4v) is 6.63. The van der Waals surface area contributed by atoms with Gasteiger partial charge in [0, 0.05) is 57.8 Å². The zero-order chi connectivity index (χ0) is 20.3. The number of amides is 1. The normalized spacial score (nSPS) is 27.6. The van der Waals surface area contributed by atoms with Crippen molar-refractivity contribution in [3.05, 3.63) is 0 Å². The number of rotatable bonds is 6.